The average molecular weight is 483 g/mol. The zero-order valence-corrected chi connectivity index (χ0v) is 20.8. The zero-order valence-electron chi connectivity index (χ0n) is 19.9. The third-order valence-corrected chi connectivity index (χ3v) is 7.50. The third kappa shape index (κ3) is 4.90. The van der Waals surface area contributed by atoms with Crippen LogP contribution in [0.4, 0.5) is 5.00 Å². The van der Waals surface area contributed by atoms with Crippen LogP contribution in [0.3, 0.4) is 0 Å². The van der Waals surface area contributed by atoms with Gasteiger partial charge < -0.3 is 15.0 Å². The largest absolute Gasteiger partial charge is 0.462 e. The van der Waals surface area contributed by atoms with E-state index in [2.05, 4.69) is 22.2 Å². The molecular formula is C25H30N4O4S. The molecule has 180 valence electrons. The summed E-state index contributed by atoms with van der Waals surface area (Å²) >= 11 is 1.47. The minimum Gasteiger partial charge on any atom is -0.462 e. The molecule has 2 N–H and O–H groups in total. The number of carbonyl (C=O) groups excluding carboxylic acids is 2. The van der Waals surface area contributed by atoms with Crippen LogP contribution in [0.15, 0.2) is 29.1 Å². The number of benzene rings is 1. The fourth-order valence-corrected chi connectivity index (χ4v) is 5.66. The zero-order chi connectivity index (χ0) is 24.4. The van der Waals surface area contributed by atoms with Crippen LogP contribution >= 0.6 is 11.3 Å². The SMILES string of the molecule is CCOC(=O)c1c(NC(=O)[C@H](C)N(C)Cc2nc3ccccc3c(=O)[nH]2)sc2c1CC[C@@H](C)C2. The molecule has 1 aliphatic carbocycles. The number of para-hydroxylation sites is 1. The van der Waals surface area contributed by atoms with E-state index in [-0.39, 0.29) is 30.6 Å². The first-order valence-electron chi connectivity index (χ1n) is 11.6. The normalized spacial score (nSPS) is 16.3. The van der Waals surface area contributed by atoms with Crippen molar-refractivity contribution in [2.45, 2.75) is 52.6 Å². The van der Waals surface area contributed by atoms with E-state index in [0.717, 1.165) is 29.7 Å². The quantitative estimate of drug-likeness (QED) is 0.497. The number of ether oxygens (including phenoxy) is 1. The molecular weight excluding hydrogens is 452 g/mol. The lowest BCUT2D eigenvalue weighted by atomic mass is 9.88. The summed E-state index contributed by atoms with van der Waals surface area (Å²) in [5.41, 5.74) is 1.92. The number of thiophene rings is 1. The summed E-state index contributed by atoms with van der Waals surface area (Å²) in [5, 5.41) is 4.06. The molecule has 1 amide bonds. The molecule has 2 atom stereocenters. The molecule has 8 nitrogen and oxygen atoms in total. The van der Waals surface area contributed by atoms with E-state index in [0.29, 0.717) is 33.2 Å². The number of likely N-dealkylation sites (N-methyl/N-ethyl adjacent to an activating group) is 1. The second-order valence-electron chi connectivity index (χ2n) is 8.89. The van der Waals surface area contributed by atoms with Gasteiger partial charge in [0.2, 0.25) is 5.91 Å². The van der Waals surface area contributed by atoms with Crippen molar-refractivity contribution in [1.29, 1.82) is 0 Å². The molecule has 0 fully saturated rings. The van der Waals surface area contributed by atoms with Crippen molar-refractivity contribution in [3.05, 3.63) is 56.4 Å². The molecule has 0 spiro atoms. The van der Waals surface area contributed by atoms with Gasteiger partial charge in [-0.05, 0) is 63.8 Å². The molecule has 9 heteroatoms. The van der Waals surface area contributed by atoms with Gasteiger partial charge in [-0.1, -0.05) is 19.1 Å². The highest BCUT2D eigenvalue weighted by molar-refractivity contribution is 7.17. The number of hydrogen-bond acceptors (Lipinski definition) is 7. The van der Waals surface area contributed by atoms with Gasteiger partial charge >= 0.3 is 5.97 Å². The fourth-order valence-electron chi connectivity index (χ4n) is 4.26. The molecule has 0 saturated heterocycles. The van der Waals surface area contributed by atoms with Gasteiger partial charge in [-0.15, -0.1) is 11.3 Å². The van der Waals surface area contributed by atoms with Crippen LogP contribution in [0.1, 0.15) is 53.8 Å². The number of anilines is 1. The second kappa shape index (κ2) is 10.1. The molecule has 0 radical (unpaired) electrons. The van der Waals surface area contributed by atoms with Gasteiger partial charge in [-0.25, -0.2) is 9.78 Å². The second-order valence-corrected chi connectivity index (χ2v) is 9.99. The van der Waals surface area contributed by atoms with Crippen molar-refractivity contribution >= 4 is 39.1 Å². The van der Waals surface area contributed by atoms with Crippen molar-refractivity contribution in [1.82, 2.24) is 14.9 Å². The number of hydrogen-bond donors (Lipinski definition) is 2. The smallest absolute Gasteiger partial charge is 0.341 e. The van der Waals surface area contributed by atoms with Crippen molar-refractivity contribution < 1.29 is 14.3 Å². The Hall–Kier alpha value is -3.04. The molecule has 1 aromatic carbocycles. The van der Waals surface area contributed by atoms with Crippen LogP contribution in [0.2, 0.25) is 0 Å². The average Bonchev–Trinajstić information content (AvgIpc) is 3.15. The van der Waals surface area contributed by atoms with Gasteiger partial charge in [0.1, 0.15) is 10.8 Å². The number of aromatic nitrogens is 2. The Morgan fingerprint density at radius 2 is 2.12 bits per heavy atom. The lowest BCUT2D eigenvalue weighted by Crippen LogP contribution is -2.39. The Balaban J connectivity index is 1.52. The van der Waals surface area contributed by atoms with E-state index in [9.17, 15) is 14.4 Å². The van der Waals surface area contributed by atoms with E-state index in [1.54, 1.807) is 39.1 Å². The van der Waals surface area contributed by atoms with E-state index in [1.807, 2.05) is 11.0 Å². The van der Waals surface area contributed by atoms with Gasteiger partial charge in [-0.2, -0.15) is 0 Å². The first kappa shape index (κ1) is 24.1. The predicted molar refractivity (Wildman–Crippen MR) is 133 cm³/mol. The number of nitrogens with one attached hydrogen (secondary N) is 2. The first-order valence-corrected chi connectivity index (χ1v) is 12.4. The van der Waals surface area contributed by atoms with Crippen molar-refractivity contribution in [3.63, 3.8) is 0 Å². The summed E-state index contributed by atoms with van der Waals surface area (Å²) in [7, 11) is 1.80. The lowest BCUT2D eigenvalue weighted by molar-refractivity contribution is -0.120. The number of aromatic amines is 1. The molecule has 0 bridgehead atoms. The number of amides is 1. The van der Waals surface area contributed by atoms with E-state index in [4.69, 9.17) is 4.74 Å². The maximum Gasteiger partial charge on any atom is 0.341 e. The third-order valence-electron chi connectivity index (χ3n) is 6.33. The van der Waals surface area contributed by atoms with Crippen molar-refractivity contribution in [3.8, 4) is 0 Å². The number of rotatable bonds is 7. The maximum absolute atomic E-state index is 13.1. The highest BCUT2D eigenvalue weighted by atomic mass is 32.1. The topological polar surface area (TPSA) is 104 Å². The summed E-state index contributed by atoms with van der Waals surface area (Å²) in [6, 6.07) is 6.63. The van der Waals surface area contributed by atoms with Crippen LogP contribution in [0, 0.1) is 5.92 Å². The van der Waals surface area contributed by atoms with Gasteiger partial charge in [0.25, 0.3) is 5.56 Å². The van der Waals surface area contributed by atoms with E-state index < -0.39 is 6.04 Å². The molecule has 2 heterocycles. The van der Waals surface area contributed by atoms with Crippen LogP contribution in [-0.2, 0) is 28.9 Å². The monoisotopic (exact) mass is 482 g/mol. The Bertz CT molecular complexity index is 1280. The molecule has 34 heavy (non-hydrogen) atoms. The van der Waals surface area contributed by atoms with Gasteiger partial charge in [-0.3, -0.25) is 14.5 Å². The van der Waals surface area contributed by atoms with E-state index >= 15 is 0 Å². The number of H-pyrrole nitrogens is 1. The predicted octanol–water partition coefficient (Wildman–Crippen LogP) is 3.75. The van der Waals surface area contributed by atoms with Crippen molar-refractivity contribution in [2.24, 2.45) is 5.92 Å². The Kier molecular flexibility index (Phi) is 7.13. The molecule has 0 aliphatic heterocycles. The van der Waals surface area contributed by atoms with Crippen LogP contribution in [-0.4, -0.2) is 46.4 Å². The number of nitrogens with zero attached hydrogens (tertiary/aromatic N) is 2. The first-order chi connectivity index (χ1) is 16.3. The minimum absolute atomic E-state index is 0.205. The van der Waals surface area contributed by atoms with E-state index in [1.165, 1.54) is 11.3 Å². The Morgan fingerprint density at radius 3 is 2.88 bits per heavy atom. The highest BCUT2D eigenvalue weighted by Crippen LogP contribution is 2.40. The minimum atomic E-state index is -0.523. The lowest BCUT2D eigenvalue weighted by Gasteiger charge is -2.23. The van der Waals surface area contributed by atoms with Gasteiger partial charge in [0.05, 0.1) is 35.7 Å². The van der Waals surface area contributed by atoms with Crippen molar-refractivity contribution in [2.75, 3.05) is 19.0 Å². The molecule has 1 aliphatic rings. The van der Waals surface area contributed by atoms with Gasteiger partial charge in [0.15, 0.2) is 0 Å². The highest BCUT2D eigenvalue weighted by Gasteiger charge is 2.30. The number of esters is 1. The van der Waals surface area contributed by atoms with Gasteiger partial charge in [0, 0.05) is 4.88 Å². The molecule has 4 rings (SSSR count). The Labute approximate surface area is 202 Å². The molecule has 0 unspecified atom stereocenters. The fraction of sp³-hybridized carbons (Fsp3) is 0.440. The summed E-state index contributed by atoms with van der Waals surface area (Å²) in [4.78, 5) is 48.5. The van der Waals surface area contributed by atoms with Crippen LogP contribution < -0.4 is 10.9 Å². The summed E-state index contributed by atoms with van der Waals surface area (Å²) in [6.07, 6.45) is 2.73. The van der Waals surface area contributed by atoms with Crippen LogP contribution in [0.5, 0.6) is 0 Å². The summed E-state index contributed by atoms with van der Waals surface area (Å²) < 4.78 is 5.30. The number of fused-ring (bicyclic) bond motifs is 2. The molecule has 0 saturated carbocycles. The Morgan fingerprint density at radius 1 is 1.35 bits per heavy atom. The standard InChI is InChI=1S/C25H30N4O4S/c1-5-33-25(32)21-17-11-10-14(2)12-19(17)34-24(21)28-22(30)15(3)29(4)13-20-26-18-9-7-6-8-16(18)23(31)27-20/h6-9,14-15H,5,10-13H2,1-4H3,(H,28,30)(H,26,27,31)/t14-,15+/m1/s1. The maximum atomic E-state index is 13.1. The summed E-state index contributed by atoms with van der Waals surface area (Å²) in [5.74, 6) is 0.414. The number of carbonyl (C=O) groups is 2. The van der Waals surface area contributed by atoms with Crippen LogP contribution in [0.25, 0.3) is 10.9 Å². The molecule has 3 aromatic rings. The summed E-state index contributed by atoms with van der Waals surface area (Å²) in [6.45, 7) is 6.34. The molecule has 2 aromatic heterocycles.